The second kappa shape index (κ2) is 9.71. The fourth-order valence-electron chi connectivity index (χ4n) is 4.39. The molecule has 2 atom stereocenters. The van der Waals surface area contributed by atoms with E-state index in [1.807, 2.05) is 29.1 Å². The molecule has 2 aromatic rings. The highest BCUT2D eigenvalue weighted by atomic mass is 32.1. The van der Waals surface area contributed by atoms with Gasteiger partial charge in [0.25, 0.3) is 0 Å². The summed E-state index contributed by atoms with van der Waals surface area (Å²) in [5, 5.41) is 13.6. The standard InChI is InChI=1S/C21H32N6OS/c1-17-8-2-3-11-25(17)15-7-10-22-19(28)18-9-6-14-27(16-18)21-24-23-20(29-21)26-12-4-5-13-26/h4-5,12-13,17-18H,2-3,6-11,14-16H2,1H3,(H,22,28)/t17-,18+/m1/s1. The summed E-state index contributed by atoms with van der Waals surface area (Å²) in [5.41, 5.74) is 0. The number of anilines is 1. The summed E-state index contributed by atoms with van der Waals surface area (Å²) in [6.07, 6.45) is 10.9. The lowest BCUT2D eigenvalue weighted by Crippen LogP contribution is -2.44. The van der Waals surface area contributed by atoms with Crippen LogP contribution in [0.25, 0.3) is 5.13 Å². The van der Waals surface area contributed by atoms with Crippen LogP contribution in [0, 0.1) is 5.92 Å². The van der Waals surface area contributed by atoms with Crippen molar-refractivity contribution < 1.29 is 4.79 Å². The van der Waals surface area contributed by atoms with Gasteiger partial charge in [-0.2, -0.15) is 0 Å². The Hall–Kier alpha value is -1.93. The number of nitrogens with zero attached hydrogens (tertiary/aromatic N) is 5. The van der Waals surface area contributed by atoms with Crippen molar-refractivity contribution in [1.29, 1.82) is 0 Å². The minimum Gasteiger partial charge on any atom is -0.356 e. The molecule has 0 saturated carbocycles. The number of rotatable bonds is 7. The van der Waals surface area contributed by atoms with Crippen LogP contribution in [0.1, 0.15) is 45.4 Å². The predicted octanol–water partition coefficient (Wildman–Crippen LogP) is 2.93. The number of aromatic nitrogens is 3. The molecule has 2 aliphatic heterocycles. The van der Waals surface area contributed by atoms with Crippen molar-refractivity contribution >= 4 is 22.4 Å². The van der Waals surface area contributed by atoms with Gasteiger partial charge in [0, 0.05) is 44.6 Å². The van der Waals surface area contributed by atoms with Gasteiger partial charge in [-0.15, -0.1) is 10.2 Å². The zero-order valence-corrected chi connectivity index (χ0v) is 18.1. The molecule has 4 heterocycles. The third-order valence-electron chi connectivity index (χ3n) is 6.15. The highest BCUT2D eigenvalue weighted by Gasteiger charge is 2.27. The van der Waals surface area contributed by atoms with Gasteiger partial charge >= 0.3 is 0 Å². The monoisotopic (exact) mass is 416 g/mol. The Morgan fingerprint density at radius 2 is 1.97 bits per heavy atom. The van der Waals surface area contributed by atoms with Crippen LogP contribution < -0.4 is 10.2 Å². The van der Waals surface area contributed by atoms with Crippen molar-refractivity contribution in [2.45, 2.75) is 51.5 Å². The first-order valence-electron chi connectivity index (χ1n) is 10.9. The fraction of sp³-hybridized carbons (Fsp3) is 0.667. The lowest BCUT2D eigenvalue weighted by atomic mass is 9.97. The minimum atomic E-state index is 0.0385. The molecule has 158 valence electrons. The molecule has 29 heavy (non-hydrogen) atoms. The molecule has 2 aromatic heterocycles. The Kier molecular flexibility index (Phi) is 6.82. The van der Waals surface area contributed by atoms with Crippen LogP contribution >= 0.6 is 11.3 Å². The lowest BCUT2D eigenvalue weighted by molar-refractivity contribution is -0.125. The van der Waals surface area contributed by atoms with Crippen LogP contribution in [0.5, 0.6) is 0 Å². The van der Waals surface area contributed by atoms with E-state index in [2.05, 4.69) is 32.2 Å². The van der Waals surface area contributed by atoms with E-state index in [-0.39, 0.29) is 11.8 Å². The molecule has 1 amide bonds. The molecule has 4 rings (SSSR count). The van der Waals surface area contributed by atoms with Gasteiger partial charge in [0.15, 0.2) is 0 Å². The summed E-state index contributed by atoms with van der Waals surface area (Å²) in [6, 6.07) is 4.65. The number of likely N-dealkylation sites (tertiary alicyclic amines) is 1. The average Bonchev–Trinajstić information content (AvgIpc) is 3.44. The number of amides is 1. The average molecular weight is 417 g/mol. The summed E-state index contributed by atoms with van der Waals surface area (Å²) in [5.74, 6) is 0.230. The van der Waals surface area contributed by atoms with E-state index in [1.165, 1.54) is 25.8 Å². The Morgan fingerprint density at radius 1 is 1.14 bits per heavy atom. The van der Waals surface area contributed by atoms with Crippen molar-refractivity contribution in [2.24, 2.45) is 5.92 Å². The van der Waals surface area contributed by atoms with Gasteiger partial charge in [0.1, 0.15) is 0 Å². The van der Waals surface area contributed by atoms with Crippen LogP contribution in [-0.4, -0.2) is 64.3 Å². The zero-order chi connectivity index (χ0) is 20.1. The molecule has 1 N–H and O–H groups in total. The molecular weight excluding hydrogens is 384 g/mol. The highest BCUT2D eigenvalue weighted by molar-refractivity contribution is 7.17. The molecule has 7 nitrogen and oxygen atoms in total. The topological polar surface area (TPSA) is 66.3 Å². The molecule has 2 saturated heterocycles. The van der Waals surface area contributed by atoms with Crippen molar-refractivity contribution in [3.8, 4) is 5.13 Å². The highest BCUT2D eigenvalue weighted by Crippen LogP contribution is 2.28. The van der Waals surface area contributed by atoms with E-state index in [9.17, 15) is 4.79 Å². The number of hydrogen-bond acceptors (Lipinski definition) is 6. The first-order valence-corrected chi connectivity index (χ1v) is 11.8. The Balaban J connectivity index is 1.23. The first kappa shape index (κ1) is 20.3. The number of nitrogens with one attached hydrogen (secondary N) is 1. The van der Waals surface area contributed by atoms with Crippen molar-refractivity contribution in [3.63, 3.8) is 0 Å². The first-order chi connectivity index (χ1) is 14.2. The Bertz CT molecular complexity index is 776. The lowest BCUT2D eigenvalue weighted by Gasteiger charge is -2.33. The second-order valence-corrected chi connectivity index (χ2v) is 9.20. The van der Waals surface area contributed by atoms with Gasteiger partial charge < -0.3 is 15.1 Å². The molecule has 0 aromatic carbocycles. The molecular formula is C21H32N6OS. The third-order valence-corrected chi connectivity index (χ3v) is 7.15. The van der Waals surface area contributed by atoms with Crippen molar-refractivity contribution in [2.75, 3.05) is 37.6 Å². The molecule has 8 heteroatoms. The van der Waals surface area contributed by atoms with Crippen LogP contribution in [0.2, 0.25) is 0 Å². The normalized spacial score (nSPS) is 23.3. The van der Waals surface area contributed by atoms with Gasteiger partial charge in [-0.3, -0.25) is 9.36 Å². The summed E-state index contributed by atoms with van der Waals surface area (Å²) in [7, 11) is 0. The largest absolute Gasteiger partial charge is 0.356 e. The quantitative estimate of drug-likeness (QED) is 0.703. The summed E-state index contributed by atoms with van der Waals surface area (Å²) < 4.78 is 1.97. The van der Waals surface area contributed by atoms with Gasteiger partial charge in [-0.1, -0.05) is 17.8 Å². The van der Waals surface area contributed by atoms with Crippen LogP contribution in [0.15, 0.2) is 24.5 Å². The molecule has 0 bridgehead atoms. The smallest absolute Gasteiger partial charge is 0.224 e. The third kappa shape index (κ3) is 5.17. The fourth-order valence-corrected chi connectivity index (χ4v) is 5.24. The number of carbonyl (C=O) groups is 1. The minimum absolute atomic E-state index is 0.0385. The molecule has 0 radical (unpaired) electrons. The summed E-state index contributed by atoms with van der Waals surface area (Å²) in [4.78, 5) is 17.5. The van der Waals surface area contributed by atoms with E-state index in [1.54, 1.807) is 11.3 Å². The van der Waals surface area contributed by atoms with Crippen LogP contribution in [0.4, 0.5) is 5.13 Å². The Labute approximate surface area is 177 Å². The predicted molar refractivity (Wildman–Crippen MR) is 117 cm³/mol. The number of piperidine rings is 2. The number of carbonyl (C=O) groups excluding carboxylic acids is 1. The second-order valence-electron chi connectivity index (χ2n) is 8.27. The Morgan fingerprint density at radius 3 is 2.79 bits per heavy atom. The van der Waals surface area contributed by atoms with Crippen molar-refractivity contribution in [3.05, 3.63) is 24.5 Å². The van der Waals surface area contributed by atoms with E-state index in [4.69, 9.17) is 0 Å². The van der Waals surface area contributed by atoms with E-state index in [0.717, 1.165) is 55.7 Å². The summed E-state index contributed by atoms with van der Waals surface area (Å²) >= 11 is 1.58. The van der Waals surface area contributed by atoms with Crippen molar-refractivity contribution in [1.82, 2.24) is 25.0 Å². The molecule has 0 spiro atoms. The molecule has 0 unspecified atom stereocenters. The summed E-state index contributed by atoms with van der Waals surface area (Å²) in [6.45, 7) is 7.07. The zero-order valence-electron chi connectivity index (χ0n) is 17.3. The molecule has 2 fully saturated rings. The maximum atomic E-state index is 12.7. The van der Waals surface area contributed by atoms with Gasteiger partial charge in [0.2, 0.25) is 16.2 Å². The van der Waals surface area contributed by atoms with E-state index in [0.29, 0.717) is 6.04 Å². The number of hydrogen-bond donors (Lipinski definition) is 1. The molecule has 2 aliphatic rings. The maximum Gasteiger partial charge on any atom is 0.224 e. The SMILES string of the molecule is C[C@@H]1CCCCN1CCCNC(=O)[C@H]1CCCN(c2nnc(-n3cccc3)s2)C1. The van der Waals surface area contributed by atoms with Gasteiger partial charge in [-0.25, -0.2) is 0 Å². The van der Waals surface area contributed by atoms with Gasteiger partial charge in [-0.05, 0) is 57.7 Å². The molecule has 0 aliphatic carbocycles. The van der Waals surface area contributed by atoms with Crippen LogP contribution in [0.3, 0.4) is 0 Å². The van der Waals surface area contributed by atoms with E-state index < -0.39 is 0 Å². The van der Waals surface area contributed by atoms with E-state index >= 15 is 0 Å². The maximum absolute atomic E-state index is 12.7. The van der Waals surface area contributed by atoms with Gasteiger partial charge in [0.05, 0.1) is 5.92 Å². The van der Waals surface area contributed by atoms with Crippen LogP contribution in [-0.2, 0) is 4.79 Å².